The zero-order valence-electron chi connectivity index (χ0n) is 18.0. The summed E-state index contributed by atoms with van der Waals surface area (Å²) in [7, 11) is 0. The third-order valence-corrected chi connectivity index (χ3v) is 6.01. The Balaban J connectivity index is 1.75. The van der Waals surface area contributed by atoms with Gasteiger partial charge in [0.15, 0.2) is 0 Å². The molecular weight excluding hydrogens is 474 g/mol. The predicted octanol–water partition coefficient (Wildman–Crippen LogP) is 7.29. The zero-order valence-corrected chi connectivity index (χ0v) is 20.4. The van der Waals surface area contributed by atoms with Gasteiger partial charge in [0.1, 0.15) is 12.1 Å². The van der Waals surface area contributed by atoms with Crippen molar-refractivity contribution in [3.8, 4) is 5.88 Å². The van der Waals surface area contributed by atoms with E-state index in [-0.39, 0.29) is 12.0 Å². The highest BCUT2D eigenvalue weighted by molar-refractivity contribution is 9.10. The summed E-state index contributed by atoms with van der Waals surface area (Å²) in [5.41, 5.74) is 2.50. The molecule has 2 aromatic carbocycles. The maximum Gasteiger partial charge on any atom is 0.218 e. The van der Waals surface area contributed by atoms with E-state index in [2.05, 4.69) is 75.4 Å². The molecule has 0 spiro atoms. The highest BCUT2D eigenvalue weighted by Crippen LogP contribution is 2.29. The smallest absolute Gasteiger partial charge is 0.218 e. The van der Waals surface area contributed by atoms with Gasteiger partial charge in [0.05, 0.1) is 6.61 Å². The number of anilines is 1. The summed E-state index contributed by atoms with van der Waals surface area (Å²) in [5.74, 6) is 1.61. The third-order valence-electron chi connectivity index (χ3n) is 5.26. The molecule has 4 nitrogen and oxygen atoms in total. The minimum absolute atomic E-state index is 0.132. The second kappa shape index (κ2) is 12.1. The van der Waals surface area contributed by atoms with E-state index < -0.39 is 0 Å². The first-order valence-electron chi connectivity index (χ1n) is 10.8. The van der Waals surface area contributed by atoms with Gasteiger partial charge < -0.3 is 10.1 Å². The molecule has 164 valence electrons. The van der Waals surface area contributed by atoms with E-state index in [0.29, 0.717) is 12.5 Å². The standard InChI is InChI=1S/C25H29BrClN3O/c1-3-4-5-13-31-25-16-24(28-17-29-25)30-18(2)23(20-7-6-8-21(26)15-20)14-19-9-11-22(27)12-10-19/h6-12,15-18,23H,3-5,13-14H2,1-2H3,(H,28,29,30)/t18-,23+/m0/s1. The molecule has 31 heavy (non-hydrogen) atoms. The second-order valence-electron chi connectivity index (χ2n) is 7.72. The summed E-state index contributed by atoms with van der Waals surface area (Å²) in [6.45, 7) is 5.04. The molecule has 6 heteroatoms. The summed E-state index contributed by atoms with van der Waals surface area (Å²) in [6, 6.07) is 18.6. The van der Waals surface area contributed by atoms with Crippen LogP contribution in [0.5, 0.6) is 5.88 Å². The molecule has 1 aromatic heterocycles. The SMILES string of the molecule is CCCCCOc1cc(N[C@@H](C)[C@@H](Cc2ccc(Cl)cc2)c2cccc(Br)c2)ncn1. The average molecular weight is 503 g/mol. The second-order valence-corrected chi connectivity index (χ2v) is 9.07. The molecular formula is C25H29BrClN3O. The van der Waals surface area contributed by atoms with Crippen LogP contribution in [0.1, 0.15) is 50.2 Å². The van der Waals surface area contributed by atoms with Crippen molar-refractivity contribution in [2.75, 3.05) is 11.9 Å². The molecule has 0 fully saturated rings. The van der Waals surface area contributed by atoms with E-state index in [1.807, 2.05) is 24.3 Å². The molecule has 1 N–H and O–H groups in total. The van der Waals surface area contributed by atoms with Gasteiger partial charge in [0.25, 0.3) is 0 Å². The van der Waals surface area contributed by atoms with E-state index in [9.17, 15) is 0 Å². The summed E-state index contributed by atoms with van der Waals surface area (Å²) >= 11 is 9.69. The lowest BCUT2D eigenvalue weighted by Crippen LogP contribution is -2.26. The van der Waals surface area contributed by atoms with Crippen LogP contribution in [0.3, 0.4) is 0 Å². The van der Waals surface area contributed by atoms with Crippen molar-refractivity contribution >= 4 is 33.3 Å². The molecule has 0 saturated heterocycles. The highest BCUT2D eigenvalue weighted by Gasteiger charge is 2.21. The number of halogens is 2. The van der Waals surface area contributed by atoms with Crippen LogP contribution in [0.25, 0.3) is 0 Å². The van der Waals surface area contributed by atoms with Gasteiger partial charge in [0.2, 0.25) is 5.88 Å². The number of hydrogen-bond acceptors (Lipinski definition) is 4. The Morgan fingerprint density at radius 3 is 2.61 bits per heavy atom. The zero-order chi connectivity index (χ0) is 22.1. The molecule has 0 aliphatic rings. The molecule has 0 saturated carbocycles. The van der Waals surface area contributed by atoms with E-state index in [1.54, 1.807) is 6.33 Å². The molecule has 3 aromatic rings. The van der Waals surface area contributed by atoms with E-state index >= 15 is 0 Å². The summed E-state index contributed by atoms with van der Waals surface area (Å²) in [4.78, 5) is 8.65. The van der Waals surface area contributed by atoms with Crippen molar-refractivity contribution < 1.29 is 4.74 Å². The molecule has 0 radical (unpaired) electrons. The molecule has 2 atom stereocenters. The van der Waals surface area contributed by atoms with Crippen molar-refractivity contribution in [3.05, 3.63) is 81.5 Å². The highest BCUT2D eigenvalue weighted by atomic mass is 79.9. The third kappa shape index (κ3) is 7.51. The molecule has 1 heterocycles. The van der Waals surface area contributed by atoms with Gasteiger partial charge in [-0.15, -0.1) is 0 Å². The summed E-state index contributed by atoms with van der Waals surface area (Å²) < 4.78 is 6.86. The Labute approximate surface area is 198 Å². The number of nitrogens with one attached hydrogen (secondary N) is 1. The monoisotopic (exact) mass is 501 g/mol. The maximum absolute atomic E-state index is 6.08. The Bertz CT molecular complexity index is 952. The van der Waals surface area contributed by atoms with E-state index in [4.69, 9.17) is 16.3 Å². The average Bonchev–Trinajstić information content (AvgIpc) is 2.76. The van der Waals surface area contributed by atoms with Gasteiger partial charge in [-0.05, 0) is 55.2 Å². The maximum atomic E-state index is 6.08. The van der Waals surface area contributed by atoms with E-state index in [1.165, 1.54) is 17.5 Å². The lowest BCUT2D eigenvalue weighted by atomic mass is 9.86. The predicted molar refractivity (Wildman–Crippen MR) is 132 cm³/mol. The normalized spacial score (nSPS) is 12.9. The first-order valence-corrected chi connectivity index (χ1v) is 11.9. The van der Waals surface area contributed by atoms with Crippen LogP contribution >= 0.6 is 27.5 Å². The summed E-state index contributed by atoms with van der Waals surface area (Å²) in [6.07, 6.45) is 5.80. The number of hydrogen-bond donors (Lipinski definition) is 1. The van der Waals surface area contributed by atoms with Crippen molar-refractivity contribution in [1.29, 1.82) is 0 Å². The van der Waals surface area contributed by atoms with Gasteiger partial charge in [-0.2, -0.15) is 0 Å². The van der Waals surface area contributed by atoms with Gasteiger partial charge in [-0.1, -0.05) is 71.6 Å². The Morgan fingerprint density at radius 1 is 1.06 bits per heavy atom. The molecule has 0 aliphatic heterocycles. The number of rotatable bonds is 11. The van der Waals surface area contributed by atoms with Gasteiger partial charge in [-0.25, -0.2) is 9.97 Å². The quantitative estimate of drug-likeness (QED) is 0.280. The lowest BCUT2D eigenvalue weighted by Gasteiger charge is -2.26. The van der Waals surface area contributed by atoms with Crippen LogP contribution in [-0.4, -0.2) is 22.6 Å². The lowest BCUT2D eigenvalue weighted by molar-refractivity contribution is 0.294. The minimum atomic E-state index is 0.132. The number of benzene rings is 2. The molecule has 0 aliphatic carbocycles. The van der Waals surface area contributed by atoms with Crippen LogP contribution in [-0.2, 0) is 6.42 Å². The van der Waals surface area contributed by atoms with Gasteiger partial charge in [0, 0.05) is 27.5 Å². The molecule has 0 bridgehead atoms. The topological polar surface area (TPSA) is 47.0 Å². The number of aromatic nitrogens is 2. The first kappa shape index (κ1) is 23.6. The van der Waals surface area contributed by atoms with Crippen molar-refractivity contribution in [2.45, 2.75) is 51.5 Å². The fourth-order valence-corrected chi connectivity index (χ4v) is 4.10. The number of unbranched alkanes of at least 4 members (excludes halogenated alkanes) is 2. The van der Waals surface area contributed by atoms with Crippen LogP contribution in [0, 0.1) is 0 Å². The fourth-order valence-electron chi connectivity index (χ4n) is 3.55. The van der Waals surface area contributed by atoms with Crippen molar-refractivity contribution in [2.24, 2.45) is 0 Å². The number of nitrogens with zero attached hydrogens (tertiary/aromatic N) is 2. The van der Waals surface area contributed by atoms with Crippen LogP contribution in [0.4, 0.5) is 5.82 Å². The number of ether oxygens (including phenoxy) is 1. The van der Waals surface area contributed by atoms with Crippen LogP contribution in [0.2, 0.25) is 5.02 Å². The minimum Gasteiger partial charge on any atom is -0.478 e. The molecule has 3 rings (SSSR count). The molecule has 0 unspecified atom stereocenters. The fraction of sp³-hybridized carbons (Fsp3) is 0.360. The van der Waals surface area contributed by atoms with Crippen LogP contribution in [0.15, 0.2) is 65.4 Å². The molecule has 0 amide bonds. The first-order chi connectivity index (χ1) is 15.0. The Kier molecular flexibility index (Phi) is 9.16. The summed E-state index contributed by atoms with van der Waals surface area (Å²) in [5, 5.41) is 4.31. The van der Waals surface area contributed by atoms with Gasteiger partial charge >= 0.3 is 0 Å². The van der Waals surface area contributed by atoms with Crippen molar-refractivity contribution in [1.82, 2.24) is 9.97 Å². The largest absolute Gasteiger partial charge is 0.478 e. The van der Waals surface area contributed by atoms with Crippen LogP contribution < -0.4 is 10.1 Å². The van der Waals surface area contributed by atoms with Gasteiger partial charge in [-0.3, -0.25) is 0 Å². The Hall–Kier alpha value is -2.11. The van der Waals surface area contributed by atoms with Crippen molar-refractivity contribution in [3.63, 3.8) is 0 Å². The Morgan fingerprint density at radius 2 is 1.87 bits per heavy atom. The van der Waals surface area contributed by atoms with E-state index in [0.717, 1.165) is 34.6 Å².